The standard InChI is InChI=1S/C19H20ClNO3S2/c1-2-24-19(23)17-14-4-3-5-15(14)26-18(17)21-16(22)10-11-25-13-8-6-12(20)7-9-13/h6-9H,2-5,10-11H2,1H3,(H,21,22). The summed E-state index contributed by atoms with van der Waals surface area (Å²) in [6, 6.07) is 7.55. The highest BCUT2D eigenvalue weighted by Gasteiger charge is 2.28. The molecular formula is C19H20ClNO3S2. The molecule has 7 heteroatoms. The second-order valence-electron chi connectivity index (χ2n) is 5.88. The number of fused-ring (bicyclic) bond motifs is 1. The van der Waals surface area contributed by atoms with E-state index in [1.807, 2.05) is 24.3 Å². The van der Waals surface area contributed by atoms with Gasteiger partial charge in [-0.25, -0.2) is 4.79 Å². The maximum absolute atomic E-state index is 12.3. The fourth-order valence-corrected chi connectivity index (χ4v) is 5.16. The Morgan fingerprint density at radius 2 is 2.04 bits per heavy atom. The quantitative estimate of drug-likeness (QED) is 0.505. The van der Waals surface area contributed by atoms with Gasteiger partial charge in [-0.05, 0) is 56.0 Å². The third-order valence-corrected chi connectivity index (χ3v) is 6.54. The first-order valence-corrected chi connectivity index (χ1v) is 10.8. The highest BCUT2D eigenvalue weighted by atomic mass is 35.5. The summed E-state index contributed by atoms with van der Waals surface area (Å²) in [4.78, 5) is 26.9. The smallest absolute Gasteiger partial charge is 0.341 e. The van der Waals surface area contributed by atoms with Crippen molar-refractivity contribution >= 4 is 51.6 Å². The van der Waals surface area contributed by atoms with Crippen LogP contribution in [0.25, 0.3) is 0 Å². The van der Waals surface area contributed by atoms with Gasteiger partial charge < -0.3 is 10.1 Å². The zero-order valence-electron chi connectivity index (χ0n) is 14.5. The number of carbonyl (C=O) groups excluding carboxylic acids is 2. The molecule has 2 aromatic rings. The van der Waals surface area contributed by atoms with Crippen LogP contribution < -0.4 is 5.32 Å². The Kier molecular flexibility index (Phi) is 6.62. The number of ether oxygens (including phenoxy) is 1. The van der Waals surface area contributed by atoms with Gasteiger partial charge in [0.05, 0.1) is 12.2 Å². The number of aryl methyl sites for hydroxylation is 1. The summed E-state index contributed by atoms with van der Waals surface area (Å²) in [6.07, 6.45) is 3.27. The number of thioether (sulfide) groups is 1. The van der Waals surface area contributed by atoms with Crippen molar-refractivity contribution in [3.8, 4) is 0 Å². The second-order valence-corrected chi connectivity index (χ2v) is 8.59. The number of benzene rings is 1. The maximum atomic E-state index is 12.3. The normalized spacial score (nSPS) is 12.7. The molecule has 1 N–H and O–H groups in total. The van der Waals surface area contributed by atoms with E-state index in [1.165, 1.54) is 16.2 Å². The van der Waals surface area contributed by atoms with Crippen molar-refractivity contribution in [2.24, 2.45) is 0 Å². The number of carbonyl (C=O) groups is 2. The van der Waals surface area contributed by atoms with E-state index >= 15 is 0 Å². The molecule has 0 atom stereocenters. The lowest BCUT2D eigenvalue weighted by Gasteiger charge is -2.08. The van der Waals surface area contributed by atoms with Crippen molar-refractivity contribution in [2.45, 2.75) is 37.5 Å². The van der Waals surface area contributed by atoms with E-state index in [2.05, 4.69) is 5.32 Å². The molecule has 1 amide bonds. The summed E-state index contributed by atoms with van der Waals surface area (Å²) in [7, 11) is 0. The number of halogens is 1. The van der Waals surface area contributed by atoms with Gasteiger partial charge in [-0.2, -0.15) is 0 Å². The average molecular weight is 410 g/mol. The number of hydrogen-bond donors (Lipinski definition) is 1. The van der Waals surface area contributed by atoms with E-state index in [4.69, 9.17) is 16.3 Å². The molecule has 0 fully saturated rings. The summed E-state index contributed by atoms with van der Waals surface area (Å²) >= 11 is 8.98. The number of nitrogens with one attached hydrogen (secondary N) is 1. The molecule has 3 rings (SSSR count). The minimum atomic E-state index is -0.335. The Morgan fingerprint density at radius 3 is 2.77 bits per heavy atom. The number of thiophene rings is 1. The predicted octanol–water partition coefficient (Wildman–Crippen LogP) is 5.19. The van der Waals surface area contributed by atoms with Gasteiger partial charge >= 0.3 is 5.97 Å². The molecule has 0 saturated carbocycles. The molecule has 0 saturated heterocycles. The summed E-state index contributed by atoms with van der Waals surface area (Å²) in [6.45, 7) is 2.12. The fraction of sp³-hybridized carbons (Fsp3) is 0.368. The van der Waals surface area contributed by atoms with Crippen LogP contribution in [0.4, 0.5) is 5.00 Å². The molecule has 4 nitrogen and oxygen atoms in total. The molecule has 1 aromatic carbocycles. The largest absolute Gasteiger partial charge is 0.462 e. The van der Waals surface area contributed by atoms with Crippen LogP contribution >= 0.6 is 34.7 Å². The molecule has 1 aliphatic rings. The summed E-state index contributed by atoms with van der Waals surface area (Å²) < 4.78 is 5.18. The third kappa shape index (κ3) is 4.61. The van der Waals surface area contributed by atoms with Gasteiger partial charge in [0.25, 0.3) is 0 Å². The van der Waals surface area contributed by atoms with Crippen molar-refractivity contribution in [3.63, 3.8) is 0 Å². The van der Waals surface area contributed by atoms with Gasteiger partial charge in [-0.15, -0.1) is 23.1 Å². The van der Waals surface area contributed by atoms with Gasteiger partial charge in [0.15, 0.2) is 0 Å². The molecular weight excluding hydrogens is 390 g/mol. The minimum Gasteiger partial charge on any atom is -0.462 e. The van der Waals surface area contributed by atoms with Gasteiger partial charge in [-0.1, -0.05) is 11.6 Å². The lowest BCUT2D eigenvalue weighted by atomic mass is 10.1. The van der Waals surface area contributed by atoms with Crippen LogP contribution in [0.15, 0.2) is 29.2 Å². The van der Waals surface area contributed by atoms with Crippen molar-refractivity contribution in [1.29, 1.82) is 0 Å². The van der Waals surface area contributed by atoms with Crippen LogP contribution in [0.2, 0.25) is 5.02 Å². The van der Waals surface area contributed by atoms with E-state index in [-0.39, 0.29) is 11.9 Å². The molecule has 0 aliphatic heterocycles. The maximum Gasteiger partial charge on any atom is 0.341 e. The van der Waals surface area contributed by atoms with E-state index in [0.29, 0.717) is 34.4 Å². The monoisotopic (exact) mass is 409 g/mol. The minimum absolute atomic E-state index is 0.0862. The van der Waals surface area contributed by atoms with Crippen molar-refractivity contribution in [3.05, 3.63) is 45.3 Å². The number of amides is 1. The average Bonchev–Trinajstić information content (AvgIpc) is 3.17. The van der Waals surface area contributed by atoms with Crippen LogP contribution in [-0.4, -0.2) is 24.2 Å². The van der Waals surface area contributed by atoms with E-state index in [0.717, 1.165) is 29.7 Å². The van der Waals surface area contributed by atoms with Gasteiger partial charge in [0, 0.05) is 27.0 Å². The van der Waals surface area contributed by atoms with E-state index in [9.17, 15) is 9.59 Å². The van der Waals surface area contributed by atoms with E-state index in [1.54, 1.807) is 18.7 Å². The van der Waals surface area contributed by atoms with Crippen LogP contribution in [0, 0.1) is 0 Å². The Bertz CT molecular complexity index is 802. The first-order chi connectivity index (χ1) is 12.6. The molecule has 0 bridgehead atoms. The number of anilines is 1. The lowest BCUT2D eigenvalue weighted by molar-refractivity contribution is -0.115. The molecule has 0 spiro atoms. The lowest BCUT2D eigenvalue weighted by Crippen LogP contribution is -2.15. The van der Waals surface area contributed by atoms with Crippen LogP contribution in [0.3, 0.4) is 0 Å². The second kappa shape index (κ2) is 8.93. The van der Waals surface area contributed by atoms with Gasteiger partial charge in [-0.3, -0.25) is 4.79 Å². The molecule has 1 aromatic heterocycles. The van der Waals surface area contributed by atoms with E-state index < -0.39 is 0 Å². The van der Waals surface area contributed by atoms with Crippen molar-refractivity contribution < 1.29 is 14.3 Å². The molecule has 0 unspecified atom stereocenters. The number of hydrogen-bond acceptors (Lipinski definition) is 5. The predicted molar refractivity (Wildman–Crippen MR) is 108 cm³/mol. The Labute approximate surface area is 166 Å². The van der Waals surface area contributed by atoms with Crippen LogP contribution in [-0.2, 0) is 22.4 Å². The topological polar surface area (TPSA) is 55.4 Å². The zero-order chi connectivity index (χ0) is 18.5. The van der Waals surface area contributed by atoms with Crippen LogP contribution in [0.5, 0.6) is 0 Å². The molecule has 1 aliphatic carbocycles. The molecule has 0 radical (unpaired) electrons. The summed E-state index contributed by atoms with van der Waals surface area (Å²) in [5, 5.41) is 4.25. The van der Waals surface area contributed by atoms with Crippen LogP contribution in [0.1, 0.15) is 40.6 Å². The molecule has 26 heavy (non-hydrogen) atoms. The van der Waals surface area contributed by atoms with Crippen molar-refractivity contribution in [2.75, 3.05) is 17.7 Å². The summed E-state index contributed by atoms with van der Waals surface area (Å²) in [5.74, 6) is 0.238. The highest BCUT2D eigenvalue weighted by molar-refractivity contribution is 7.99. The molecule has 138 valence electrons. The van der Waals surface area contributed by atoms with Gasteiger partial charge in [0.1, 0.15) is 5.00 Å². The first kappa shape index (κ1) is 19.3. The van der Waals surface area contributed by atoms with Crippen molar-refractivity contribution in [1.82, 2.24) is 0 Å². The SMILES string of the molecule is CCOC(=O)c1c(NC(=O)CCSc2ccc(Cl)cc2)sc2c1CCC2. The Balaban J connectivity index is 1.60. The number of esters is 1. The fourth-order valence-electron chi connectivity index (χ4n) is 2.89. The number of rotatable bonds is 7. The Morgan fingerprint density at radius 1 is 1.27 bits per heavy atom. The summed E-state index contributed by atoms with van der Waals surface area (Å²) in [5.41, 5.74) is 1.61. The zero-order valence-corrected chi connectivity index (χ0v) is 16.9. The first-order valence-electron chi connectivity index (χ1n) is 8.58. The third-order valence-electron chi connectivity index (χ3n) is 4.07. The van der Waals surface area contributed by atoms with Gasteiger partial charge in [0.2, 0.25) is 5.91 Å². The Hall–Kier alpha value is -1.50. The highest BCUT2D eigenvalue weighted by Crippen LogP contribution is 2.39. The molecule has 1 heterocycles.